The Morgan fingerprint density at radius 2 is 1.85 bits per heavy atom. The molecule has 2 aromatic rings. The first-order valence-electron chi connectivity index (χ1n) is 6.34. The molecular weight excluding hydrogens is 321 g/mol. The summed E-state index contributed by atoms with van der Waals surface area (Å²) >= 11 is 3.19. The third-order valence-corrected chi connectivity index (χ3v) is 3.54. The Bertz CT molecular complexity index is 636. The SMILES string of the molecule is CNc1cc(C(C)(C)C)nc(-c2ccc(F)c(Br)c2)n1. The Hall–Kier alpha value is -1.49. The minimum atomic E-state index is -0.297. The van der Waals surface area contributed by atoms with Crippen LogP contribution in [0.5, 0.6) is 0 Å². The van der Waals surface area contributed by atoms with Crippen LogP contribution in [0.4, 0.5) is 10.2 Å². The van der Waals surface area contributed by atoms with Crippen molar-refractivity contribution in [3.63, 3.8) is 0 Å². The molecule has 0 saturated heterocycles. The van der Waals surface area contributed by atoms with Crippen molar-refractivity contribution < 1.29 is 4.39 Å². The maximum Gasteiger partial charge on any atom is 0.161 e. The van der Waals surface area contributed by atoms with Crippen molar-refractivity contribution in [2.45, 2.75) is 26.2 Å². The summed E-state index contributed by atoms with van der Waals surface area (Å²) in [7, 11) is 1.82. The molecule has 0 saturated carbocycles. The monoisotopic (exact) mass is 337 g/mol. The van der Waals surface area contributed by atoms with E-state index in [1.54, 1.807) is 12.1 Å². The number of aromatic nitrogens is 2. The molecule has 0 radical (unpaired) electrons. The van der Waals surface area contributed by atoms with Crippen LogP contribution in [-0.2, 0) is 5.41 Å². The molecule has 5 heteroatoms. The van der Waals surface area contributed by atoms with Crippen molar-refractivity contribution in [1.82, 2.24) is 9.97 Å². The van der Waals surface area contributed by atoms with Crippen LogP contribution in [0.3, 0.4) is 0 Å². The molecule has 0 aliphatic heterocycles. The van der Waals surface area contributed by atoms with Crippen LogP contribution in [-0.4, -0.2) is 17.0 Å². The van der Waals surface area contributed by atoms with E-state index in [0.29, 0.717) is 10.3 Å². The number of halogens is 2. The number of hydrogen-bond donors (Lipinski definition) is 1. The molecule has 0 unspecified atom stereocenters. The fourth-order valence-electron chi connectivity index (χ4n) is 1.72. The van der Waals surface area contributed by atoms with E-state index in [-0.39, 0.29) is 11.2 Å². The Morgan fingerprint density at radius 3 is 2.40 bits per heavy atom. The molecule has 0 bridgehead atoms. The van der Waals surface area contributed by atoms with Gasteiger partial charge in [-0.3, -0.25) is 0 Å². The molecule has 0 spiro atoms. The van der Waals surface area contributed by atoms with Crippen molar-refractivity contribution in [1.29, 1.82) is 0 Å². The average molecular weight is 338 g/mol. The molecule has 1 N–H and O–H groups in total. The van der Waals surface area contributed by atoms with Gasteiger partial charge in [-0.15, -0.1) is 0 Å². The lowest BCUT2D eigenvalue weighted by atomic mass is 9.92. The van der Waals surface area contributed by atoms with Crippen LogP contribution in [0.25, 0.3) is 11.4 Å². The van der Waals surface area contributed by atoms with Gasteiger partial charge in [-0.25, -0.2) is 14.4 Å². The van der Waals surface area contributed by atoms with Crippen LogP contribution < -0.4 is 5.32 Å². The van der Waals surface area contributed by atoms with Gasteiger partial charge in [0, 0.05) is 24.1 Å². The standard InChI is InChI=1S/C15H17BrFN3/c1-15(2,3)12-8-13(18-4)20-14(19-12)9-5-6-11(17)10(16)7-9/h5-8H,1-4H3,(H,18,19,20). The molecule has 0 aliphatic rings. The normalized spacial score (nSPS) is 11.5. The first kappa shape index (κ1) is 14.9. The molecular formula is C15H17BrFN3. The zero-order valence-corrected chi connectivity index (χ0v) is 13.5. The lowest BCUT2D eigenvalue weighted by Gasteiger charge is -2.19. The van der Waals surface area contributed by atoms with Crippen LogP contribution in [0.2, 0.25) is 0 Å². The van der Waals surface area contributed by atoms with Gasteiger partial charge < -0.3 is 5.32 Å². The molecule has 1 aromatic heterocycles. The molecule has 106 valence electrons. The van der Waals surface area contributed by atoms with Gasteiger partial charge in [0.05, 0.1) is 10.2 Å². The number of anilines is 1. The minimum absolute atomic E-state index is 0.0828. The molecule has 20 heavy (non-hydrogen) atoms. The summed E-state index contributed by atoms with van der Waals surface area (Å²) in [5.41, 5.74) is 1.63. The topological polar surface area (TPSA) is 37.8 Å². The van der Waals surface area contributed by atoms with Crippen LogP contribution in [0.15, 0.2) is 28.7 Å². The van der Waals surface area contributed by atoms with E-state index in [9.17, 15) is 4.39 Å². The molecule has 1 aromatic carbocycles. The van der Waals surface area contributed by atoms with Crippen molar-refractivity contribution in [2.75, 3.05) is 12.4 Å². The summed E-state index contributed by atoms with van der Waals surface area (Å²) in [4.78, 5) is 9.04. The Morgan fingerprint density at radius 1 is 1.15 bits per heavy atom. The van der Waals surface area contributed by atoms with Gasteiger partial charge >= 0.3 is 0 Å². The van der Waals surface area contributed by atoms with Crippen molar-refractivity contribution >= 4 is 21.7 Å². The Labute approximate surface area is 126 Å². The van der Waals surface area contributed by atoms with E-state index < -0.39 is 0 Å². The van der Waals surface area contributed by atoms with Gasteiger partial charge in [0.25, 0.3) is 0 Å². The first-order chi connectivity index (χ1) is 9.31. The van der Waals surface area contributed by atoms with E-state index >= 15 is 0 Å². The molecule has 0 fully saturated rings. The van der Waals surface area contributed by atoms with Crippen LogP contribution in [0, 0.1) is 5.82 Å². The smallest absolute Gasteiger partial charge is 0.161 e. The second-order valence-corrected chi connectivity index (χ2v) is 6.45. The largest absolute Gasteiger partial charge is 0.373 e. The highest BCUT2D eigenvalue weighted by molar-refractivity contribution is 9.10. The van der Waals surface area contributed by atoms with Crippen LogP contribution in [0.1, 0.15) is 26.5 Å². The fourth-order valence-corrected chi connectivity index (χ4v) is 2.10. The highest BCUT2D eigenvalue weighted by Gasteiger charge is 2.18. The summed E-state index contributed by atoms with van der Waals surface area (Å²) < 4.78 is 13.7. The number of hydrogen-bond acceptors (Lipinski definition) is 3. The zero-order valence-electron chi connectivity index (χ0n) is 12.0. The third kappa shape index (κ3) is 3.15. The van der Waals surface area contributed by atoms with Gasteiger partial charge in [0.15, 0.2) is 5.82 Å². The van der Waals surface area contributed by atoms with E-state index in [1.807, 2.05) is 13.1 Å². The Balaban J connectivity index is 2.58. The van der Waals surface area contributed by atoms with Crippen molar-refractivity contribution in [2.24, 2.45) is 0 Å². The zero-order chi connectivity index (χ0) is 14.9. The predicted octanol–water partition coefficient (Wildman–Crippen LogP) is 4.38. The van der Waals surface area contributed by atoms with E-state index in [2.05, 4.69) is 52.0 Å². The lowest BCUT2D eigenvalue weighted by Crippen LogP contribution is -2.15. The summed E-state index contributed by atoms with van der Waals surface area (Å²) in [5, 5.41) is 3.04. The number of nitrogens with one attached hydrogen (secondary N) is 1. The molecule has 1 heterocycles. The Kier molecular flexibility index (Phi) is 4.09. The first-order valence-corrected chi connectivity index (χ1v) is 7.13. The van der Waals surface area contributed by atoms with Gasteiger partial charge in [-0.05, 0) is 34.1 Å². The maximum absolute atomic E-state index is 13.3. The molecule has 2 rings (SSSR count). The van der Waals surface area contributed by atoms with E-state index in [0.717, 1.165) is 17.1 Å². The second kappa shape index (κ2) is 5.48. The van der Waals surface area contributed by atoms with E-state index in [1.165, 1.54) is 6.07 Å². The minimum Gasteiger partial charge on any atom is -0.373 e. The lowest BCUT2D eigenvalue weighted by molar-refractivity contribution is 0.568. The number of benzene rings is 1. The molecule has 0 aliphatic carbocycles. The van der Waals surface area contributed by atoms with Crippen molar-refractivity contribution in [3.8, 4) is 11.4 Å². The second-order valence-electron chi connectivity index (χ2n) is 5.59. The van der Waals surface area contributed by atoms with Gasteiger partial charge in [0.1, 0.15) is 11.6 Å². The van der Waals surface area contributed by atoms with E-state index in [4.69, 9.17) is 0 Å². The van der Waals surface area contributed by atoms with Crippen molar-refractivity contribution in [3.05, 3.63) is 40.2 Å². The summed E-state index contributed by atoms with van der Waals surface area (Å²) in [5.74, 6) is 1.04. The fraction of sp³-hybridized carbons (Fsp3) is 0.333. The summed E-state index contributed by atoms with van der Waals surface area (Å²) in [6, 6.07) is 6.71. The van der Waals surface area contributed by atoms with Gasteiger partial charge in [-0.1, -0.05) is 20.8 Å². The summed E-state index contributed by atoms with van der Waals surface area (Å²) in [6.45, 7) is 6.29. The number of rotatable bonds is 2. The molecule has 0 amide bonds. The van der Waals surface area contributed by atoms with Crippen LogP contribution >= 0.6 is 15.9 Å². The molecule has 3 nitrogen and oxygen atoms in total. The third-order valence-electron chi connectivity index (χ3n) is 2.93. The maximum atomic E-state index is 13.3. The number of nitrogens with zero attached hydrogens (tertiary/aromatic N) is 2. The van der Waals surface area contributed by atoms with Gasteiger partial charge in [0.2, 0.25) is 0 Å². The molecule has 0 atom stereocenters. The predicted molar refractivity (Wildman–Crippen MR) is 83.4 cm³/mol. The summed E-state index contributed by atoms with van der Waals surface area (Å²) in [6.07, 6.45) is 0. The van der Waals surface area contributed by atoms with Gasteiger partial charge in [-0.2, -0.15) is 0 Å². The quantitative estimate of drug-likeness (QED) is 0.883. The average Bonchev–Trinajstić information content (AvgIpc) is 2.40. The highest BCUT2D eigenvalue weighted by atomic mass is 79.9. The highest BCUT2D eigenvalue weighted by Crippen LogP contribution is 2.27.